The van der Waals surface area contributed by atoms with E-state index >= 15 is 0 Å². The van der Waals surface area contributed by atoms with Crippen molar-refractivity contribution < 1.29 is 22.4 Å². The zero-order valence-corrected chi connectivity index (χ0v) is 18.5. The molecule has 1 saturated heterocycles. The summed E-state index contributed by atoms with van der Waals surface area (Å²) in [6.45, 7) is 1.68. The van der Waals surface area contributed by atoms with Gasteiger partial charge in [0, 0.05) is 39.1 Å². The van der Waals surface area contributed by atoms with Crippen LogP contribution in [0.15, 0.2) is 38.2 Å². The second-order valence-corrected chi connectivity index (χ2v) is 10.4. The van der Waals surface area contributed by atoms with Crippen LogP contribution in [0.2, 0.25) is 0 Å². The fraction of sp³-hybridized carbons (Fsp3) is 0.400. The Morgan fingerprint density at radius 1 is 0.967 bits per heavy atom. The third-order valence-electron chi connectivity index (χ3n) is 5.97. The minimum atomic E-state index is -3.67. The summed E-state index contributed by atoms with van der Waals surface area (Å²) >= 11 is 3.18. The molecule has 0 unspecified atom stereocenters. The van der Waals surface area contributed by atoms with E-state index in [9.17, 15) is 18.0 Å². The predicted molar refractivity (Wildman–Crippen MR) is 112 cm³/mol. The molecule has 0 saturated carbocycles. The molecule has 2 amide bonds. The van der Waals surface area contributed by atoms with Crippen molar-refractivity contribution in [1.29, 1.82) is 0 Å². The van der Waals surface area contributed by atoms with Crippen LogP contribution in [0.5, 0.6) is 0 Å². The molecule has 3 aliphatic rings. The number of carbonyl (C=O) groups excluding carboxylic acids is 2. The summed E-state index contributed by atoms with van der Waals surface area (Å²) in [5.41, 5.74) is 2.77. The van der Waals surface area contributed by atoms with Gasteiger partial charge >= 0.3 is 0 Å². The quantitative estimate of drug-likeness (QED) is 0.652. The smallest absolute Gasteiger partial charge is 0.289 e. The predicted octanol–water partition coefficient (Wildman–Crippen LogP) is 2.02. The first kappa shape index (κ1) is 19.8. The lowest BCUT2D eigenvalue weighted by Gasteiger charge is -2.34. The maximum absolute atomic E-state index is 13.3. The summed E-state index contributed by atoms with van der Waals surface area (Å²) in [7, 11) is -3.67. The van der Waals surface area contributed by atoms with Crippen molar-refractivity contribution >= 4 is 43.5 Å². The first-order valence-electron chi connectivity index (χ1n) is 9.85. The fourth-order valence-corrected chi connectivity index (χ4v) is 6.27. The number of nitrogens with zero attached hydrogens (tertiary/aromatic N) is 3. The first-order valence-corrected chi connectivity index (χ1v) is 12.1. The number of benzene rings is 1. The molecule has 1 aromatic carbocycles. The molecule has 30 heavy (non-hydrogen) atoms. The highest BCUT2D eigenvalue weighted by molar-refractivity contribution is 9.10. The van der Waals surface area contributed by atoms with Crippen molar-refractivity contribution in [2.45, 2.75) is 24.2 Å². The van der Waals surface area contributed by atoms with E-state index < -0.39 is 10.0 Å². The highest BCUT2D eigenvalue weighted by Gasteiger charge is 2.36. The molecule has 0 bridgehead atoms. The van der Waals surface area contributed by atoms with Crippen LogP contribution in [0.1, 0.15) is 28.1 Å². The second-order valence-electron chi connectivity index (χ2n) is 7.69. The van der Waals surface area contributed by atoms with E-state index in [0.29, 0.717) is 43.6 Å². The van der Waals surface area contributed by atoms with Gasteiger partial charge in [-0.25, -0.2) is 8.42 Å². The molecule has 158 valence electrons. The Morgan fingerprint density at radius 2 is 1.67 bits per heavy atom. The van der Waals surface area contributed by atoms with Crippen molar-refractivity contribution in [3.05, 3.63) is 45.8 Å². The monoisotopic (exact) mass is 493 g/mol. The molecule has 0 spiro atoms. The molecule has 0 N–H and O–H groups in total. The Bertz CT molecular complexity index is 1150. The first-order chi connectivity index (χ1) is 14.3. The van der Waals surface area contributed by atoms with Crippen molar-refractivity contribution in [2.75, 3.05) is 37.6 Å². The van der Waals surface area contributed by atoms with Crippen molar-refractivity contribution in [2.24, 2.45) is 0 Å². The van der Waals surface area contributed by atoms with Crippen LogP contribution < -0.4 is 4.90 Å². The number of carbonyl (C=O) groups is 2. The zero-order chi connectivity index (χ0) is 21.0. The van der Waals surface area contributed by atoms with Crippen LogP contribution in [-0.4, -0.2) is 62.2 Å². The summed E-state index contributed by atoms with van der Waals surface area (Å²) in [5, 5.41) is 0. The number of amides is 2. The Labute approximate surface area is 182 Å². The maximum Gasteiger partial charge on any atom is 0.289 e. The van der Waals surface area contributed by atoms with E-state index in [4.69, 9.17) is 4.42 Å². The van der Waals surface area contributed by atoms with E-state index in [1.165, 1.54) is 4.31 Å². The Balaban J connectivity index is 1.35. The van der Waals surface area contributed by atoms with Gasteiger partial charge in [0.2, 0.25) is 15.9 Å². The number of rotatable bonds is 3. The number of hydrogen-bond donors (Lipinski definition) is 0. The minimum absolute atomic E-state index is 0.112. The number of furan rings is 1. The number of anilines is 1. The normalized spacial score (nSPS) is 19.3. The van der Waals surface area contributed by atoms with E-state index in [0.717, 1.165) is 16.8 Å². The molecule has 5 rings (SSSR count). The summed E-state index contributed by atoms with van der Waals surface area (Å²) in [6, 6.07) is 6.68. The molecule has 2 aromatic rings. The third-order valence-corrected chi connectivity index (χ3v) is 8.28. The van der Waals surface area contributed by atoms with E-state index in [-0.39, 0.29) is 35.6 Å². The minimum Gasteiger partial charge on any atom is -0.444 e. The van der Waals surface area contributed by atoms with Gasteiger partial charge in [0.1, 0.15) is 0 Å². The Hall–Kier alpha value is -2.17. The Morgan fingerprint density at radius 3 is 2.33 bits per heavy atom. The van der Waals surface area contributed by atoms with Crippen LogP contribution in [-0.2, 0) is 27.7 Å². The van der Waals surface area contributed by atoms with Gasteiger partial charge < -0.3 is 14.2 Å². The molecule has 1 fully saturated rings. The molecule has 0 atom stereocenters. The van der Waals surface area contributed by atoms with E-state index in [1.807, 2.05) is 0 Å². The zero-order valence-electron chi connectivity index (χ0n) is 16.1. The number of halogens is 1. The molecular weight excluding hydrogens is 474 g/mol. The molecule has 8 nitrogen and oxygen atoms in total. The molecule has 10 heteroatoms. The van der Waals surface area contributed by atoms with Gasteiger partial charge in [-0.3, -0.25) is 9.59 Å². The van der Waals surface area contributed by atoms with Crippen LogP contribution in [0.3, 0.4) is 0 Å². The molecule has 0 aliphatic carbocycles. The van der Waals surface area contributed by atoms with E-state index in [2.05, 4.69) is 15.9 Å². The summed E-state index contributed by atoms with van der Waals surface area (Å²) in [5.74, 6) is 0.0979. The molecule has 1 aromatic heterocycles. The van der Waals surface area contributed by atoms with Crippen molar-refractivity contribution in [1.82, 2.24) is 9.21 Å². The van der Waals surface area contributed by atoms with Crippen molar-refractivity contribution in [3.63, 3.8) is 0 Å². The average Bonchev–Trinajstić information content (AvgIpc) is 3.37. The largest absolute Gasteiger partial charge is 0.444 e. The molecule has 4 heterocycles. The maximum atomic E-state index is 13.3. The molecule has 0 radical (unpaired) electrons. The SMILES string of the molecule is O=C(c1ccc(Br)o1)N1CCN(S(=O)(=O)c2cc3c4c(c2)CCN4C(=O)CC3)CC1. The van der Waals surface area contributed by atoms with Gasteiger partial charge in [-0.1, -0.05) is 0 Å². The summed E-state index contributed by atoms with van der Waals surface area (Å²) < 4.78 is 33.8. The van der Waals surface area contributed by atoms with Crippen LogP contribution in [0.4, 0.5) is 5.69 Å². The number of aryl methyl sites for hydroxylation is 1. The van der Waals surface area contributed by atoms with Crippen LogP contribution >= 0.6 is 15.9 Å². The fourth-order valence-electron chi connectivity index (χ4n) is 4.44. The van der Waals surface area contributed by atoms with Gasteiger partial charge in [-0.15, -0.1) is 0 Å². The lowest BCUT2D eigenvalue weighted by atomic mass is 10.00. The van der Waals surface area contributed by atoms with Crippen LogP contribution in [0.25, 0.3) is 0 Å². The highest BCUT2D eigenvalue weighted by atomic mass is 79.9. The van der Waals surface area contributed by atoms with Gasteiger partial charge in [-0.05, 0) is 64.2 Å². The van der Waals surface area contributed by atoms with E-state index in [1.54, 1.807) is 34.1 Å². The van der Waals surface area contributed by atoms with Gasteiger partial charge in [-0.2, -0.15) is 4.31 Å². The summed E-state index contributed by atoms with van der Waals surface area (Å²) in [6.07, 6.45) is 1.67. The third kappa shape index (κ3) is 3.17. The number of sulfonamides is 1. The lowest BCUT2D eigenvalue weighted by molar-refractivity contribution is -0.118. The average molecular weight is 494 g/mol. The van der Waals surface area contributed by atoms with Gasteiger partial charge in [0.15, 0.2) is 10.4 Å². The number of piperazine rings is 1. The highest BCUT2D eigenvalue weighted by Crippen LogP contribution is 2.39. The number of hydrogen-bond acceptors (Lipinski definition) is 5. The van der Waals surface area contributed by atoms with Gasteiger partial charge in [0.05, 0.1) is 10.6 Å². The molecular formula is C20H20BrN3O5S. The van der Waals surface area contributed by atoms with Gasteiger partial charge in [0.25, 0.3) is 5.91 Å². The molecule has 3 aliphatic heterocycles. The standard InChI is InChI=1S/C20H20BrN3O5S/c21-17-3-2-16(29-17)20(26)22-7-9-23(10-8-22)30(27,28)15-11-13-1-4-18(25)24-6-5-14(12-15)19(13)24/h2-3,11-12H,1,4-10H2. The second kappa shape index (κ2) is 7.21. The Kier molecular flexibility index (Phi) is 4.75. The topological polar surface area (TPSA) is 91.1 Å². The lowest BCUT2D eigenvalue weighted by Crippen LogP contribution is -2.50. The van der Waals surface area contributed by atoms with Crippen LogP contribution in [0, 0.1) is 0 Å². The van der Waals surface area contributed by atoms with Crippen molar-refractivity contribution in [3.8, 4) is 0 Å². The summed E-state index contributed by atoms with van der Waals surface area (Å²) in [4.78, 5) is 28.3.